The Morgan fingerprint density at radius 1 is 0.886 bits per heavy atom. The van der Waals surface area contributed by atoms with Crippen molar-refractivity contribution in [3.05, 3.63) is 83.4 Å². The minimum absolute atomic E-state index is 0.00213. The van der Waals surface area contributed by atoms with Gasteiger partial charge in [-0.25, -0.2) is 18.4 Å². The number of nitrogens with two attached hydrogens (primary N) is 1. The molecule has 0 unspecified atom stereocenters. The van der Waals surface area contributed by atoms with Crippen LogP contribution >= 0.6 is 0 Å². The lowest BCUT2D eigenvalue weighted by atomic mass is 9.98. The number of ketones is 1. The zero-order valence-electron chi connectivity index (χ0n) is 18.2. The summed E-state index contributed by atoms with van der Waals surface area (Å²) in [5.74, 6) is -0.959. The second-order valence-electron chi connectivity index (χ2n) is 7.43. The average molecular weight is 496 g/mol. The van der Waals surface area contributed by atoms with Crippen LogP contribution in [-0.2, 0) is 19.6 Å². The predicted molar refractivity (Wildman–Crippen MR) is 124 cm³/mol. The summed E-state index contributed by atoms with van der Waals surface area (Å²) in [6, 6.07) is 16.0. The molecule has 1 aliphatic heterocycles. The van der Waals surface area contributed by atoms with E-state index in [0.717, 1.165) is 0 Å². The fourth-order valence-corrected chi connectivity index (χ4v) is 3.85. The van der Waals surface area contributed by atoms with Crippen LogP contribution < -0.4 is 19.9 Å². The molecule has 0 radical (unpaired) electrons. The number of nitrogens with one attached hydrogen (secondary N) is 1. The molecule has 0 saturated heterocycles. The maximum absolute atomic E-state index is 13.1. The van der Waals surface area contributed by atoms with E-state index >= 15 is 0 Å². The number of ether oxygens (including phenoxy) is 3. The van der Waals surface area contributed by atoms with Crippen LogP contribution in [-0.4, -0.2) is 45.9 Å². The number of hydrogen-bond donors (Lipinski definition) is 2. The molecule has 3 aromatic rings. The number of fused-ring (bicyclic) bond motifs is 1. The first-order chi connectivity index (χ1) is 16.7. The van der Waals surface area contributed by atoms with Gasteiger partial charge in [0.2, 0.25) is 10.0 Å². The summed E-state index contributed by atoms with van der Waals surface area (Å²) in [5, 5.41) is 7.51. The van der Waals surface area contributed by atoms with Gasteiger partial charge in [0.05, 0.1) is 10.5 Å². The van der Waals surface area contributed by atoms with Gasteiger partial charge in [0.15, 0.2) is 23.9 Å². The summed E-state index contributed by atoms with van der Waals surface area (Å²) < 4.78 is 38.7. The molecule has 0 aliphatic carbocycles. The van der Waals surface area contributed by atoms with E-state index in [2.05, 4.69) is 5.32 Å². The van der Waals surface area contributed by atoms with Crippen LogP contribution in [0.1, 0.15) is 26.3 Å². The minimum atomic E-state index is -3.86. The van der Waals surface area contributed by atoms with E-state index in [9.17, 15) is 22.8 Å². The summed E-state index contributed by atoms with van der Waals surface area (Å²) in [5.41, 5.74) is 0.689. The van der Waals surface area contributed by atoms with E-state index in [4.69, 9.17) is 19.3 Å². The summed E-state index contributed by atoms with van der Waals surface area (Å²) in [6.45, 7) is 0.164. The summed E-state index contributed by atoms with van der Waals surface area (Å²) in [4.78, 5) is 37.8. The standard InChI is InChI=1S/C24H20N2O8S/c25-35(30,31)17-8-6-16(7-9-17)26-22(27)14-34-24(29)19-4-2-1-3-18(19)23(28)15-5-10-20-21(13-15)33-12-11-32-20/h1-10,13H,11-12,14H2,(H,26,27)(H2,25,30,31). The second-order valence-corrected chi connectivity index (χ2v) is 8.99. The summed E-state index contributed by atoms with van der Waals surface area (Å²) in [6.07, 6.45) is 0. The third kappa shape index (κ3) is 5.65. The van der Waals surface area contributed by atoms with Gasteiger partial charge in [0.1, 0.15) is 13.2 Å². The van der Waals surface area contributed by atoms with Gasteiger partial charge in [0.25, 0.3) is 5.91 Å². The van der Waals surface area contributed by atoms with Crippen molar-refractivity contribution in [2.75, 3.05) is 25.1 Å². The number of hydrogen-bond acceptors (Lipinski definition) is 8. The number of amides is 1. The maximum Gasteiger partial charge on any atom is 0.339 e. The van der Waals surface area contributed by atoms with Gasteiger partial charge in [-0.05, 0) is 48.5 Å². The number of carbonyl (C=O) groups excluding carboxylic acids is 3. The van der Waals surface area contributed by atoms with E-state index in [-0.39, 0.29) is 21.7 Å². The van der Waals surface area contributed by atoms with Gasteiger partial charge in [-0.15, -0.1) is 0 Å². The fourth-order valence-electron chi connectivity index (χ4n) is 3.33. The Balaban J connectivity index is 1.42. The van der Waals surface area contributed by atoms with E-state index < -0.39 is 34.3 Å². The van der Waals surface area contributed by atoms with Gasteiger partial charge in [-0.1, -0.05) is 18.2 Å². The molecule has 1 amide bonds. The van der Waals surface area contributed by atoms with Crippen molar-refractivity contribution in [2.24, 2.45) is 5.14 Å². The quantitative estimate of drug-likeness (QED) is 0.373. The molecule has 10 nitrogen and oxygen atoms in total. The highest BCUT2D eigenvalue weighted by Crippen LogP contribution is 2.31. The first-order valence-electron chi connectivity index (χ1n) is 10.4. The molecule has 0 spiro atoms. The van der Waals surface area contributed by atoms with E-state index in [1.807, 2.05) is 0 Å². The van der Waals surface area contributed by atoms with Crippen LogP contribution in [0.5, 0.6) is 11.5 Å². The zero-order chi connectivity index (χ0) is 25.0. The number of esters is 1. The summed E-state index contributed by atoms with van der Waals surface area (Å²) in [7, 11) is -3.86. The van der Waals surface area contributed by atoms with Gasteiger partial charge < -0.3 is 19.5 Å². The monoisotopic (exact) mass is 496 g/mol. The molecule has 35 heavy (non-hydrogen) atoms. The SMILES string of the molecule is NS(=O)(=O)c1ccc(NC(=O)COC(=O)c2ccccc2C(=O)c2ccc3c(c2)OCCO3)cc1. The van der Waals surface area contributed by atoms with Gasteiger partial charge in [-0.2, -0.15) is 0 Å². The Bertz CT molecular complexity index is 1400. The lowest BCUT2D eigenvalue weighted by molar-refractivity contribution is -0.119. The molecule has 3 N–H and O–H groups in total. The van der Waals surface area contributed by atoms with E-state index in [0.29, 0.717) is 30.3 Å². The van der Waals surface area contributed by atoms with Crippen LogP contribution in [0.2, 0.25) is 0 Å². The lowest BCUT2D eigenvalue weighted by Crippen LogP contribution is -2.22. The first-order valence-corrected chi connectivity index (χ1v) is 11.9. The van der Waals surface area contributed by atoms with Crippen molar-refractivity contribution in [2.45, 2.75) is 4.90 Å². The number of benzene rings is 3. The Morgan fingerprint density at radius 2 is 1.54 bits per heavy atom. The highest BCUT2D eigenvalue weighted by atomic mass is 32.2. The molecule has 0 fully saturated rings. The van der Waals surface area contributed by atoms with Crippen LogP contribution in [0.25, 0.3) is 0 Å². The largest absolute Gasteiger partial charge is 0.486 e. The maximum atomic E-state index is 13.1. The predicted octanol–water partition coefficient (Wildman–Crippen LogP) is 2.13. The fraction of sp³-hybridized carbons (Fsp3) is 0.125. The Hall–Kier alpha value is -4.22. The molecule has 1 aliphatic rings. The third-order valence-electron chi connectivity index (χ3n) is 5.00. The molecule has 180 valence electrons. The van der Waals surface area contributed by atoms with Gasteiger partial charge in [0, 0.05) is 16.8 Å². The van der Waals surface area contributed by atoms with Crippen LogP contribution in [0.15, 0.2) is 71.6 Å². The Kier molecular flexibility index (Phi) is 6.80. The second kappa shape index (κ2) is 9.95. The molecule has 11 heteroatoms. The van der Waals surface area contributed by atoms with Crippen molar-refractivity contribution in [3.63, 3.8) is 0 Å². The van der Waals surface area contributed by atoms with Crippen molar-refractivity contribution in [3.8, 4) is 11.5 Å². The Labute approximate surface area is 200 Å². The molecular weight excluding hydrogens is 476 g/mol. The average Bonchev–Trinajstić information content (AvgIpc) is 2.86. The molecule has 3 aromatic carbocycles. The number of primary sulfonamides is 1. The van der Waals surface area contributed by atoms with Crippen LogP contribution in [0.4, 0.5) is 5.69 Å². The van der Waals surface area contributed by atoms with Gasteiger partial charge in [-0.3, -0.25) is 9.59 Å². The smallest absolute Gasteiger partial charge is 0.339 e. The van der Waals surface area contributed by atoms with E-state index in [1.54, 1.807) is 30.3 Å². The van der Waals surface area contributed by atoms with Crippen molar-refractivity contribution < 1.29 is 37.0 Å². The Morgan fingerprint density at radius 3 is 2.23 bits per heavy atom. The highest BCUT2D eigenvalue weighted by molar-refractivity contribution is 7.89. The topological polar surface area (TPSA) is 151 Å². The van der Waals surface area contributed by atoms with Crippen molar-refractivity contribution in [1.29, 1.82) is 0 Å². The normalized spacial score (nSPS) is 12.5. The van der Waals surface area contributed by atoms with E-state index in [1.165, 1.54) is 36.4 Å². The molecule has 0 bridgehead atoms. The molecule has 0 saturated carbocycles. The van der Waals surface area contributed by atoms with Crippen molar-refractivity contribution >= 4 is 33.4 Å². The molecule has 1 heterocycles. The first kappa shape index (κ1) is 23.9. The van der Waals surface area contributed by atoms with Crippen LogP contribution in [0, 0.1) is 0 Å². The molecule has 0 atom stereocenters. The molecular formula is C24H20N2O8S. The molecule has 0 aromatic heterocycles. The molecule has 4 rings (SSSR count). The zero-order valence-corrected chi connectivity index (χ0v) is 19.0. The highest BCUT2D eigenvalue weighted by Gasteiger charge is 2.22. The number of sulfonamides is 1. The summed E-state index contributed by atoms with van der Waals surface area (Å²) >= 11 is 0. The number of rotatable bonds is 7. The third-order valence-corrected chi connectivity index (χ3v) is 5.93. The number of anilines is 1. The number of carbonyl (C=O) groups is 3. The van der Waals surface area contributed by atoms with Crippen molar-refractivity contribution in [1.82, 2.24) is 0 Å². The lowest BCUT2D eigenvalue weighted by Gasteiger charge is -2.18. The minimum Gasteiger partial charge on any atom is -0.486 e. The van der Waals surface area contributed by atoms with Crippen LogP contribution in [0.3, 0.4) is 0 Å². The van der Waals surface area contributed by atoms with Gasteiger partial charge >= 0.3 is 5.97 Å².